The highest BCUT2D eigenvalue weighted by atomic mass is 15.6. The van der Waals surface area contributed by atoms with Gasteiger partial charge in [-0.25, -0.2) is 9.97 Å². The molecule has 8 heteroatoms. The molecule has 4 rings (SSSR count). The quantitative estimate of drug-likeness (QED) is 0.616. The number of hydrogen-bond donors (Lipinski definition) is 3. The van der Waals surface area contributed by atoms with Crippen LogP contribution in [0.15, 0.2) is 60.1 Å². The summed E-state index contributed by atoms with van der Waals surface area (Å²) in [7, 11) is 1.86. The molecular weight excluding hydrogens is 328 g/mol. The maximum Gasteiger partial charge on any atom is 0.163 e. The number of nitrogens with two attached hydrogens (primary N) is 2. The van der Waals surface area contributed by atoms with Gasteiger partial charge in [0.05, 0.1) is 11.9 Å². The van der Waals surface area contributed by atoms with Gasteiger partial charge in [0.1, 0.15) is 11.5 Å². The second-order valence-electron chi connectivity index (χ2n) is 5.96. The molecule has 0 amide bonds. The summed E-state index contributed by atoms with van der Waals surface area (Å²) in [5, 5.41) is 9.66. The smallest absolute Gasteiger partial charge is 0.163 e. The van der Waals surface area contributed by atoms with E-state index < -0.39 is 0 Å². The number of anilines is 2. The van der Waals surface area contributed by atoms with Gasteiger partial charge in [0, 0.05) is 36.3 Å². The number of hydrazone groups is 1. The molecule has 2 aromatic heterocycles. The fourth-order valence-electron chi connectivity index (χ4n) is 2.81. The van der Waals surface area contributed by atoms with E-state index in [1.807, 2.05) is 43.4 Å². The topological polar surface area (TPSA) is 118 Å². The maximum absolute atomic E-state index is 6.09. The molecule has 0 saturated heterocycles. The molecule has 0 bridgehead atoms. The molecule has 1 aliphatic rings. The lowest BCUT2D eigenvalue weighted by molar-refractivity contribution is 0.267. The number of hydrogen-bond acceptors (Lipinski definition) is 8. The Morgan fingerprint density at radius 1 is 1.08 bits per heavy atom. The molecule has 0 saturated carbocycles. The van der Waals surface area contributed by atoms with Crippen molar-refractivity contribution in [3.63, 3.8) is 0 Å². The van der Waals surface area contributed by atoms with Crippen molar-refractivity contribution in [2.75, 3.05) is 18.5 Å². The van der Waals surface area contributed by atoms with Gasteiger partial charge in [-0.15, -0.1) is 0 Å². The lowest BCUT2D eigenvalue weighted by atomic mass is 10.1. The standard InChI is InChI=1S/C18H18N8/c1-26-18(24-17(25-26)11-4-2-6-13(19)8-11)15-16(20)22-10-14(23-15)12-5-3-7-21-9-12/h2-10,18H,19H2,1H3,(H2,20,22)(H,24,25). The highest BCUT2D eigenvalue weighted by Gasteiger charge is 2.29. The Kier molecular flexibility index (Phi) is 3.85. The van der Waals surface area contributed by atoms with Crippen molar-refractivity contribution >= 4 is 17.3 Å². The molecule has 8 nitrogen and oxygen atoms in total. The molecular formula is C18H18N8. The summed E-state index contributed by atoms with van der Waals surface area (Å²) in [6.45, 7) is 0. The van der Waals surface area contributed by atoms with E-state index in [9.17, 15) is 0 Å². The predicted molar refractivity (Wildman–Crippen MR) is 101 cm³/mol. The van der Waals surface area contributed by atoms with Gasteiger partial charge in [0.15, 0.2) is 12.0 Å². The Morgan fingerprint density at radius 2 is 1.92 bits per heavy atom. The van der Waals surface area contributed by atoms with Crippen LogP contribution in [-0.2, 0) is 0 Å². The zero-order valence-electron chi connectivity index (χ0n) is 14.2. The van der Waals surface area contributed by atoms with Gasteiger partial charge in [-0.05, 0) is 24.3 Å². The number of amidine groups is 1. The summed E-state index contributed by atoms with van der Waals surface area (Å²) >= 11 is 0. The van der Waals surface area contributed by atoms with E-state index in [0.717, 1.165) is 11.1 Å². The minimum absolute atomic E-state index is 0.324. The molecule has 26 heavy (non-hydrogen) atoms. The van der Waals surface area contributed by atoms with Gasteiger partial charge >= 0.3 is 0 Å². The van der Waals surface area contributed by atoms with Crippen molar-refractivity contribution < 1.29 is 0 Å². The summed E-state index contributed by atoms with van der Waals surface area (Å²) in [6, 6.07) is 11.3. The molecule has 1 atom stereocenters. The van der Waals surface area contributed by atoms with Crippen LogP contribution in [0.1, 0.15) is 17.4 Å². The molecule has 0 radical (unpaired) electrons. The second kappa shape index (κ2) is 6.32. The Balaban J connectivity index is 1.66. The molecule has 0 fully saturated rings. The summed E-state index contributed by atoms with van der Waals surface area (Å²) in [5.74, 6) is 1.06. The third-order valence-electron chi connectivity index (χ3n) is 4.11. The van der Waals surface area contributed by atoms with Crippen molar-refractivity contribution in [3.05, 3.63) is 66.2 Å². The summed E-state index contributed by atoms with van der Waals surface area (Å²) < 4.78 is 0. The van der Waals surface area contributed by atoms with Crippen LogP contribution in [0.2, 0.25) is 0 Å². The van der Waals surface area contributed by atoms with Crippen LogP contribution in [0.5, 0.6) is 0 Å². The fraction of sp³-hybridized carbons (Fsp3) is 0.111. The third-order valence-corrected chi connectivity index (χ3v) is 4.11. The Labute approximate surface area is 150 Å². The highest BCUT2D eigenvalue weighted by Crippen LogP contribution is 2.27. The van der Waals surface area contributed by atoms with Gasteiger partial charge in [0.25, 0.3) is 0 Å². The van der Waals surface area contributed by atoms with Crippen LogP contribution in [-0.4, -0.2) is 32.8 Å². The molecule has 130 valence electrons. The first-order chi connectivity index (χ1) is 12.6. The first-order valence-electron chi connectivity index (χ1n) is 8.08. The van der Waals surface area contributed by atoms with Gasteiger partial charge in [-0.1, -0.05) is 12.1 Å². The summed E-state index contributed by atoms with van der Waals surface area (Å²) in [6.07, 6.45) is 4.78. The highest BCUT2D eigenvalue weighted by molar-refractivity contribution is 6.00. The lowest BCUT2D eigenvalue weighted by Crippen LogP contribution is -2.30. The minimum Gasteiger partial charge on any atom is -0.399 e. The summed E-state index contributed by atoms with van der Waals surface area (Å²) in [4.78, 5) is 13.1. The number of nitrogens with zero attached hydrogens (tertiary/aromatic N) is 5. The van der Waals surface area contributed by atoms with Crippen LogP contribution in [0.4, 0.5) is 11.5 Å². The van der Waals surface area contributed by atoms with Gasteiger partial charge in [-0.3, -0.25) is 9.99 Å². The van der Waals surface area contributed by atoms with Crippen molar-refractivity contribution in [3.8, 4) is 11.3 Å². The molecule has 3 aromatic rings. The molecule has 1 aliphatic heterocycles. The minimum atomic E-state index is -0.324. The van der Waals surface area contributed by atoms with Crippen LogP contribution in [0.25, 0.3) is 11.3 Å². The van der Waals surface area contributed by atoms with E-state index in [4.69, 9.17) is 16.5 Å². The third kappa shape index (κ3) is 2.88. The van der Waals surface area contributed by atoms with Crippen LogP contribution < -0.4 is 16.8 Å². The van der Waals surface area contributed by atoms with E-state index in [1.165, 1.54) is 0 Å². The van der Waals surface area contributed by atoms with Crippen LogP contribution in [0, 0.1) is 0 Å². The molecule has 0 spiro atoms. The normalized spacial score (nSPS) is 16.3. The Hall–Kier alpha value is -3.68. The zero-order chi connectivity index (χ0) is 18.1. The van der Waals surface area contributed by atoms with E-state index in [2.05, 4.69) is 20.4 Å². The van der Waals surface area contributed by atoms with Crippen molar-refractivity contribution in [1.82, 2.24) is 25.3 Å². The van der Waals surface area contributed by atoms with Crippen molar-refractivity contribution in [1.29, 1.82) is 0 Å². The van der Waals surface area contributed by atoms with Gasteiger partial charge in [0.2, 0.25) is 0 Å². The average molecular weight is 346 g/mol. The van der Waals surface area contributed by atoms with Crippen LogP contribution >= 0.6 is 0 Å². The van der Waals surface area contributed by atoms with Crippen molar-refractivity contribution in [2.45, 2.75) is 6.17 Å². The Bertz CT molecular complexity index is 970. The fourth-order valence-corrected chi connectivity index (χ4v) is 2.81. The monoisotopic (exact) mass is 346 g/mol. The van der Waals surface area contributed by atoms with E-state index in [0.29, 0.717) is 28.7 Å². The Morgan fingerprint density at radius 3 is 2.69 bits per heavy atom. The SMILES string of the molecule is CN1N=C(c2cccc(N)c2)NC1c1nc(-c2cccnc2)cnc1N. The molecule has 5 N–H and O–H groups in total. The largest absolute Gasteiger partial charge is 0.399 e. The number of rotatable bonds is 3. The molecule has 0 aliphatic carbocycles. The summed E-state index contributed by atoms with van der Waals surface area (Å²) in [5.41, 5.74) is 15.7. The van der Waals surface area contributed by atoms with Gasteiger partial charge in [-0.2, -0.15) is 5.10 Å². The number of nitrogen functional groups attached to an aromatic ring is 2. The van der Waals surface area contributed by atoms with E-state index in [1.54, 1.807) is 23.6 Å². The van der Waals surface area contributed by atoms with Crippen molar-refractivity contribution in [2.24, 2.45) is 5.10 Å². The van der Waals surface area contributed by atoms with E-state index >= 15 is 0 Å². The molecule has 1 unspecified atom stereocenters. The maximum atomic E-state index is 6.09. The lowest BCUT2D eigenvalue weighted by Gasteiger charge is -2.20. The second-order valence-corrected chi connectivity index (χ2v) is 5.96. The predicted octanol–water partition coefficient (Wildman–Crippen LogP) is 1.60. The average Bonchev–Trinajstić information content (AvgIpc) is 3.04. The van der Waals surface area contributed by atoms with Gasteiger partial charge < -0.3 is 16.8 Å². The number of pyridine rings is 1. The van der Waals surface area contributed by atoms with E-state index in [-0.39, 0.29) is 6.17 Å². The zero-order valence-corrected chi connectivity index (χ0v) is 14.2. The van der Waals surface area contributed by atoms with Crippen LogP contribution in [0.3, 0.4) is 0 Å². The first-order valence-corrected chi connectivity index (χ1v) is 8.08. The number of nitrogens with one attached hydrogen (secondary N) is 1. The molecule has 1 aromatic carbocycles. The number of benzene rings is 1. The number of aromatic nitrogens is 3. The first kappa shape index (κ1) is 15.8. The molecule has 3 heterocycles.